The van der Waals surface area contributed by atoms with Crippen molar-refractivity contribution in [2.24, 2.45) is 0 Å². The Morgan fingerprint density at radius 3 is 2.79 bits per heavy atom. The zero-order valence-corrected chi connectivity index (χ0v) is 7.76. The zero-order valence-electron chi connectivity index (χ0n) is 7.76. The van der Waals surface area contributed by atoms with Crippen LogP contribution in [0.2, 0.25) is 0 Å². The van der Waals surface area contributed by atoms with Crippen molar-refractivity contribution in [3.05, 3.63) is 29.6 Å². The standard InChI is InChI=1S/C11H11FN2/c12-9-4-5-11(8(6-9)7-13)14-10-2-1-3-10/h4-6,10,14H,1-3H2. The van der Waals surface area contributed by atoms with Gasteiger partial charge in [-0.15, -0.1) is 0 Å². The normalized spacial score (nSPS) is 15.7. The number of halogens is 1. The molecule has 3 heteroatoms. The Bertz CT molecular complexity index is 377. The minimum atomic E-state index is -0.360. The zero-order chi connectivity index (χ0) is 9.97. The molecule has 1 aliphatic rings. The molecule has 0 aromatic heterocycles. The van der Waals surface area contributed by atoms with E-state index in [1.165, 1.54) is 18.6 Å². The molecule has 0 aliphatic heterocycles. The summed E-state index contributed by atoms with van der Waals surface area (Å²) in [5.74, 6) is -0.360. The lowest BCUT2D eigenvalue weighted by atomic mass is 9.92. The summed E-state index contributed by atoms with van der Waals surface area (Å²) in [6.45, 7) is 0. The van der Waals surface area contributed by atoms with Gasteiger partial charge < -0.3 is 5.32 Å². The molecular weight excluding hydrogens is 179 g/mol. The first-order valence-electron chi connectivity index (χ1n) is 4.76. The van der Waals surface area contributed by atoms with Crippen LogP contribution >= 0.6 is 0 Å². The maximum atomic E-state index is 12.8. The number of nitrogens with one attached hydrogen (secondary N) is 1. The average Bonchev–Trinajstić information content (AvgIpc) is 2.13. The molecule has 1 aromatic rings. The largest absolute Gasteiger partial charge is 0.381 e. The molecule has 0 radical (unpaired) electrons. The lowest BCUT2D eigenvalue weighted by Gasteiger charge is -2.27. The van der Waals surface area contributed by atoms with Gasteiger partial charge in [-0.25, -0.2) is 4.39 Å². The molecule has 1 aliphatic carbocycles. The highest BCUT2D eigenvalue weighted by atomic mass is 19.1. The van der Waals surface area contributed by atoms with Crippen LogP contribution in [0.5, 0.6) is 0 Å². The molecule has 1 aromatic carbocycles. The van der Waals surface area contributed by atoms with Crippen LogP contribution in [0.15, 0.2) is 18.2 Å². The van der Waals surface area contributed by atoms with Gasteiger partial charge in [0.05, 0.1) is 11.3 Å². The third-order valence-electron chi connectivity index (χ3n) is 2.57. The predicted molar refractivity (Wildman–Crippen MR) is 52.4 cm³/mol. The Morgan fingerprint density at radius 1 is 1.43 bits per heavy atom. The summed E-state index contributed by atoms with van der Waals surface area (Å²) in [5, 5.41) is 12.0. The van der Waals surface area contributed by atoms with Gasteiger partial charge in [0.1, 0.15) is 11.9 Å². The first-order valence-corrected chi connectivity index (χ1v) is 4.76. The predicted octanol–water partition coefficient (Wildman–Crippen LogP) is 2.66. The lowest BCUT2D eigenvalue weighted by molar-refractivity contribution is 0.445. The van der Waals surface area contributed by atoms with E-state index in [0.717, 1.165) is 18.5 Å². The van der Waals surface area contributed by atoms with E-state index in [4.69, 9.17) is 5.26 Å². The van der Waals surface area contributed by atoms with Gasteiger partial charge >= 0.3 is 0 Å². The average molecular weight is 190 g/mol. The third kappa shape index (κ3) is 1.69. The SMILES string of the molecule is N#Cc1cc(F)ccc1NC1CCC1. The van der Waals surface area contributed by atoms with Gasteiger partial charge in [0, 0.05) is 6.04 Å². The van der Waals surface area contributed by atoms with Crippen molar-refractivity contribution >= 4 is 5.69 Å². The van der Waals surface area contributed by atoms with Crippen LogP contribution in [0.3, 0.4) is 0 Å². The Kier molecular flexibility index (Phi) is 2.36. The van der Waals surface area contributed by atoms with Crippen LogP contribution in [0.25, 0.3) is 0 Å². The molecule has 2 nitrogen and oxygen atoms in total. The Morgan fingerprint density at radius 2 is 2.21 bits per heavy atom. The molecule has 1 fully saturated rings. The van der Waals surface area contributed by atoms with E-state index in [1.807, 2.05) is 6.07 Å². The van der Waals surface area contributed by atoms with Crippen LogP contribution < -0.4 is 5.32 Å². The van der Waals surface area contributed by atoms with E-state index in [1.54, 1.807) is 6.07 Å². The minimum Gasteiger partial charge on any atom is -0.381 e. The highest BCUT2D eigenvalue weighted by Crippen LogP contribution is 2.25. The fourth-order valence-electron chi connectivity index (χ4n) is 1.51. The van der Waals surface area contributed by atoms with Crippen molar-refractivity contribution in [2.75, 3.05) is 5.32 Å². The number of hydrogen-bond donors (Lipinski definition) is 1. The van der Waals surface area contributed by atoms with E-state index in [0.29, 0.717) is 11.6 Å². The maximum absolute atomic E-state index is 12.8. The monoisotopic (exact) mass is 190 g/mol. The van der Waals surface area contributed by atoms with Crippen molar-refractivity contribution in [2.45, 2.75) is 25.3 Å². The van der Waals surface area contributed by atoms with E-state index in [-0.39, 0.29) is 5.82 Å². The van der Waals surface area contributed by atoms with Gasteiger partial charge in [0.25, 0.3) is 0 Å². The van der Waals surface area contributed by atoms with E-state index < -0.39 is 0 Å². The second kappa shape index (κ2) is 3.67. The molecule has 0 spiro atoms. The third-order valence-corrected chi connectivity index (χ3v) is 2.57. The van der Waals surface area contributed by atoms with Gasteiger partial charge in [-0.1, -0.05) is 0 Å². The maximum Gasteiger partial charge on any atom is 0.124 e. The minimum absolute atomic E-state index is 0.360. The van der Waals surface area contributed by atoms with Crippen molar-refractivity contribution in [3.8, 4) is 6.07 Å². The van der Waals surface area contributed by atoms with E-state index >= 15 is 0 Å². The molecule has 0 bridgehead atoms. The fourth-order valence-corrected chi connectivity index (χ4v) is 1.51. The van der Waals surface area contributed by atoms with E-state index in [2.05, 4.69) is 5.32 Å². The first kappa shape index (κ1) is 9.01. The van der Waals surface area contributed by atoms with Crippen LogP contribution in [0.4, 0.5) is 10.1 Å². The molecule has 0 unspecified atom stereocenters. The Balaban J connectivity index is 2.19. The van der Waals surface area contributed by atoms with Gasteiger partial charge in [0.15, 0.2) is 0 Å². The number of nitrogens with zero attached hydrogens (tertiary/aromatic N) is 1. The molecule has 0 amide bonds. The molecule has 2 rings (SSSR count). The van der Waals surface area contributed by atoms with Crippen LogP contribution in [0, 0.1) is 17.1 Å². The highest BCUT2D eigenvalue weighted by Gasteiger charge is 2.18. The second-order valence-electron chi connectivity index (χ2n) is 3.57. The molecule has 0 heterocycles. The summed E-state index contributed by atoms with van der Waals surface area (Å²) in [7, 11) is 0. The van der Waals surface area contributed by atoms with Gasteiger partial charge in [-0.3, -0.25) is 0 Å². The highest BCUT2D eigenvalue weighted by molar-refractivity contribution is 5.58. The van der Waals surface area contributed by atoms with Crippen molar-refractivity contribution in [1.29, 1.82) is 5.26 Å². The number of benzene rings is 1. The van der Waals surface area contributed by atoms with Gasteiger partial charge in [0.2, 0.25) is 0 Å². The molecule has 0 atom stereocenters. The van der Waals surface area contributed by atoms with Crippen molar-refractivity contribution in [1.82, 2.24) is 0 Å². The number of nitriles is 1. The smallest absolute Gasteiger partial charge is 0.124 e. The summed E-state index contributed by atoms with van der Waals surface area (Å²) in [4.78, 5) is 0. The Hall–Kier alpha value is -1.56. The second-order valence-corrected chi connectivity index (χ2v) is 3.57. The number of anilines is 1. The number of rotatable bonds is 2. The molecule has 72 valence electrons. The van der Waals surface area contributed by atoms with Gasteiger partial charge in [-0.2, -0.15) is 5.26 Å². The van der Waals surface area contributed by atoms with Crippen molar-refractivity contribution < 1.29 is 4.39 Å². The molecule has 0 saturated heterocycles. The fraction of sp³-hybridized carbons (Fsp3) is 0.364. The number of hydrogen-bond acceptors (Lipinski definition) is 2. The summed E-state index contributed by atoms with van der Waals surface area (Å²) in [6.07, 6.45) is 3.52. The summed E-state index contributed by atoms with van der Waals surface area (Å²) in [5.41, 5.74) is 1.13. The first-order chi connectivity index (χ1) is 6.79. The topological polar surface area (TPSA) is 35.8 Å². The van der Waals surface area contributed by atoms with Crippen LogP contribution in [-0.4, -0.2) is 6.04 Å². The molecule has 1 saturated carbocycles. The van der Waals surface area contributed by atoms with Gasteiger partial charge in [-0.05, 0) is 37.5 Å². The molecule has 14 heavy (non-hydrogen) atoms. The van der Waals surface area contributed by atoms with E-state index in [9.17, 15) is 4.39 Å². The Labute approximate surface area is 82.4 Å². The summed E-state index contributed by atoms with van der Waals surface area (Å²) < 4.78 is 12.8. The summed E-state index contributed by atoms with van der Waals surface area (Å²) in [6, 6.07) is 6.73. The quantitative estimate of drug-likeness (QED) is 0.778. The van der Waals surface area contributed by atoms with Crippen LogP contribution in [-0.2, 0) is 0 Å². The molecular formula is C11H11FN2. The molecule has 1 N–H and O–H groups in total. The van der Waals surface area contributed by atoms with Crippen molar-refractivity contribution in [3.63, 3.8) is 0 Å². The lowest BCUT2D eigenvalue weighted by Crippen LogP contribution is -2.27. The van der Waals surface area contributed by atoms with Crippen LogP contribution in [0.1, 0.15) is 24.8 Å². The summed E-state index contributed by atoms with van der Waals surface area (Å²) >= 11 is 0.